The first-order valence-corrected chi connectivity index (χ1v) is 4.63. The molecule has 0 aromatic carbocycles. The van der Waals surface area contributed by atoms with Gasteiger partial charge in [-0.3, -0.25) is 4.79 Å². The van der Waals surface area contributed by atoms with Crippen LogP contribution in [0.1, 0.15) is 23.8 Å². The molecule has 0 bridgehead atoms. The molecule has 0 radical (unpaired) electrons. The minimum Gasteiger partial charge on any atom is -0.506 e. The number of aromatic hydroxyl groups is 1. The Morgan fingerprint density at radius 1 is 1.57 bits per heavy atom. The topological polar surface area (TPSA) is 62.2 Å². The number of hydrogen-bond donors (Lipinski definition) is 2. The van der Waals surface area contributed by atoms with Gasteiger partial charge in [0.1, 0.15) is 11.4 Å². The molecule has 0 saturated heterocycles. The van der Waals surface area contributed by atoms with E-state index in [0.29, 0.717) is 12.2 Å². The largest absolute Gasteiger partial charge is 0.506 e. The molecule has 0 aliphatic rings. The van der Waals surface area contributed by atoms with E-state index in [-0.39, 0.29) is 11.5 Å². The van der Waals surface area contributed by atoms with Crippen molar-refractivity contribution in [3.63, 3.8) is 0 Å². The number of nitrogens with zero attached hydrogens (tertiary/aromatic N) is 1. The van der Waals surface area contributed by atoms with Gasteiger partial charge < -0.3 is 10.4 Å². The van der Waals surface area contributed by atoms with Crippen molar-refractivity contribution in [1.29, 1.82) is 0 Å². The molecule has 2 N–H and O–H groups in total. The number of carbonyl (C=O) groups excluding carboxylic acids is 1. The molecule has 1 rings (SSSR count). The second-order valence-corrected chi connectivity index (χ2v) is 3.00. The number of ketones is 1. The normalized spacial score (nSPS) is 10.1. The predicted molar refractivity (Wildman–Crippen MR) is 53.4 cm³/mol. The summed E-state index contributed by atoms with van der Waals surface area (Å²) in [6.45, 7) is 3.16. The summed E-state index contributed by atoms with van der Waals surface area (Å²) in [4.78, 5) is 15.2. The summed E-state index contributed by atoms with van der Waals surface area (Å²) in [5.74, 6) is 0.0153. The van der Waals surface area contributed by atoms with Crippen LogP contribution in [-0.4, -0.2) is 29.0 Å². The van der Waals surface area contributed by atoms with E-state index in [2.05, 4.69) is 10.3 Å². The van der Waals surface area contributed by atoms with Crippen molar-refractivity contribution in [2.45, 2.75) is 13.3 Å². The minimum atomic E-state index is -0.0570. The van der Waals surface area contributed by atoms with Gasteiger partial charge in [0.2, 0.25) is 0 Å². The van der Waals surface area contributed by atoms with Crippen LogP contribution >= 0.6 is 0 Å². The van der Waals surface area contributed by atoms with Crippen LogP contribution in [0.5, 0.6) is 5.75 Å². The molecular formula is C10H14N2O2. The van der Waals surface area contributed by atoms with Gasteiger partial charge in [0.25, 0.3) is 0 Å². The van der Waals surface area contributed by atoms with Crippen LogP contribution in [0.2, 0.25) is 0 Å². The zero-order valence-corrected chi connectivity index (χ0v) is 8.16. The Morgan fingerprint density at radius 2 is 2.36 bits per heavy atom. The van der Waals surface area contributed by atoms with Gasteiger partial charge in [-0.1, -0.05) is 6.92 Å². The van der Waals surface area contributed by atoms with Crippen molar-refractivity contribution in [2.75, 3.05) is 13.1 Å². The number of nitrogens with one attached hydrogen (secondary N) is 1. The molecule has 0 aliphatic heterocycles. The third kappa shape index (κ3) is 3.14. The van der Waals surface area contributed by atoms with Crippen molar-refractivity contribution in [2.24, 2.45) is 0 Å². The van der Waals surface area contributed by atoms with Crippen LogP contribution in [0.25, 0.3) is 0 Å². The number of aromatic nitrogens is 1. The lowest BCUT2D eigenvalue weighted by atomic mass is 10.2. The number of pyridine rings is 1. The molecule has 0 saturated carbocycles. The Labute approximate surface area is 83.0 Å². The molecule has 0 fully saturated rings. The standard InChI is InChI=1S/C10H14N2O2/c1-2-5-11-7-10(14)9-4-3-8(13)6-12-9/h3-4,6,11,13H,2,5,7H2,1H3. The SMILES string of the molecule is CCCNCC(=O)c1ccc(O)cn1. The highest BCUT2D eigenvalue weighted by atomic mass is 16.3. The van der Waals surface area contributed by atoms with Crippen LogP contribution in [-0.2, 0) is 0 Å². The fourth-order valence-electron chi connectivity index (χ4n) is 1.02. The second kappa shape index (κ2) is 5.34. The molecule has 0 spiro atoms. The molecule has 1 heterocycles. The number of carbonyl (C=O) groups is 1. The van der Waals surface area contributed by atoms with Crippen LogP contribution in [0, 0.1) is 0 Å². The van der Waals surface area contributed by atoms with Crippen molar-refractivity contribution in [1.82, 2.24) is 10.3 Å². The Hall–Kier alpha value is -1.42. The number of hydrogen-bond acceptors (Lipinski definition) is 4. The molecule has 0 aliphatic carbocycles. The minimum absolute atomic E-state index is 0.0570. The smallest absolute Gasteiger partial charge is 0.194 e. The average molecular weight is 194 g/mol. The van der Waals surface area contributed by atoms with Crippen LogP contribution in [0.15, 0.2) is 18.3 Å². The van der Waals surface area contributed by atoms with E-state index in [1.807, 2.05) is 6.92 Å². The lowest BCUT2D eigenvalue weighted by molar-refractivity contribution is 0.0986. The van der Waals surface area contributed by atoms with Crippen molar-refractivity contribution >= 4 is 5.78 Å². The van der Waals surface area contributed by atoms with Crippen molar-refractivity contribution in [3.8, 4) is 5.75 Å². The fraction of sp³-hybridized carbons (Fsp3) is 0.400. The molecule has 14 heavy (non-hydrogen) atoms. The fourth-order valence-corrected chi connectivity index (χ4v) is 1.02. The van der Waals surface area contributed by atoms with Gasteiger partial charge in [0, 0.05) is 0 Å². The van der Waals surface area contributed by atoms with E-state index in [1.54, 1.807) is 0 Å². The summed E-state index contributed by atoms with van der Waals surface area (Å²) in [6.07, 6.45) is 2.27. The van der Waals surface area contributed by atoms with Crippen LogP contribution < -0.4 is 5.32 Å². The molecule has 76 valence electrons. The summed E-state index contributed by atoms with van der Waals surface area (Å²) >= 11 is 0. The summed E-state index contributed by atoms with van der Waals surface area (Å²) < 4.78 is 0. The highest BCUT2D eigenvalue weighted by molar-refractivity contribution is 5.95. The first kappa shape index (κ1) is 10.7. The Bertz CT molecular complexity index is 295. The molecule has 1 aromatic rings. The van der Waals surface area contributed by atoms with Gasteiger partial charge in [-0.2, -0.15) is 0 Å². The summed E-state index contributed by atoms with van der Waals surface area (Å²) in [6, 6.07) is 2.98. The molecule has 0 unspecified atom stereocenters. The van der Waals surface area contributed by atoms with E-state index in [1.165, 1.54) is 18.3 Å². The van der Waals surface area contributed by atoms with E-state index < -0.39 is 0 Å². The van der Waals surface area contributed by atoms with E-state index >= 15 is 0 Å². The number of rotatable bonds is 5. The monoisotopic (exact) mass is 194 g/mol. The number of Topliss-reactive ketones (excluding diaryl/α,β-unsaturated/α-hetero) is 1. The Morgan fingerprint density at radius 3 is 2.93 bits per heavy atom. The molecule has 1 aromatic heterocycles. The molecule has 0 atom stereocenters. The molecular weight excluding hydrogens is 180 g/mol. The van der Waals surface area contributed by atoms with Gasteiger partial charge in [0.15, 0.2) is 5.78 Å². The van der Waals surface area contributed by atoms with Crippen LogP contribution in [0.4, 0.5) is 0 Å². The highest BCUT2D eigenvalue weighted by Crippen LogP contribution is 2.05. The molecule has 4 nitrogen and oxygen atoms in total. The highest BCUT2D eigenvalue weighted by Gasteiger charge is 2.05. The van der Waals surface area contributed by atoms with Gasteiger partial charge in [-0.15, -0.1) is 0 Å². The second-order valence-electron chi connectivity index (χ2n) is 3.00. The molecule has 0 amide bonds. The van der Waals surface area contributed by atoms with Crippen molar-refractivity contribution in [3.05, 3.63) is 24.0 Å². The maximum absolute atomic E-state index is 11.4. The first-order valence-electron chi connectivity index (χ1n) is 4.63. The predicted octanol–water partition coefficient (Wildman–Crippen LogP) is 0.969. The van der Waals surface area contributed by atoms with E-state index in [4.69, 9.17) is 5.11 Å². The summed E-state index contributed by atoms with van der Waals surface area (Å²) in [5, 5.41) is 12.0. The van der Waals surface area contributed by atoms with Crippen molar-refractivity contribution < 1.29 is 9.90 Å². The van der Waals surface area contributed by atoms with Gasteiger partial charge in [0.05, 0.1) is 12.7 Å². The Kier molecular flexibility index (Phi) is 4.07. The third-order valence-electron chi connectivity index (χ3n) is 1.75. The Balaban J connectivity index is 2.48. The van der Waals surface area contributed by atoms with Gasteiger partial charge in [-0.05, 0) is 25.1 Å². The molecule has 4 heteroatoms. The lowest BCUT2D eigenvalue weighted by Gasteiger charge is -2.01. The van der Waals surface area contributed by atoms with Gasteiger partial charge >= 0.3 is 0 Å². The van der Waals surface area contributed by atoms with E-state index in [9.17, 15) is 4.79 Å². The summed E-state index contributed by atoms with van der Waals surface area (Å²) in [7, 11) is 0. The average Bonchev–Trinajstić information content (AvgIpc) is 2.19. The third-order valence-corrected chi connectivity index (χ3v) is 1.75. The van der Waals surface area contributed by atoms with E-state index in [0.717, 1.165) is 13.0 Å². The lowest BCUT2D eigenvalue weighted by Crippen LogP contribution is -2.24. The zero-order valence-electron chi connectivity index (χ0n) is 8.16. The quantitative estimate of drug-likeness (QED) is 0.541. The first-order chi connectivity index (χ1) is 6.74. The maximum atomic E-state index is 11.4. The summed E-state index contributed by atoms with van der Waals surface area (Å²) in [5.41, 5.74) is 0.381. The maximum Gasteiger partial charge on any atom is 0.194 e. The van der Waals surface area contributed by atoms with Gasteiger partial charge in [-0.25, -0.2) is 4.98 Å². The zero-order chi connectivity index (χ0) is 10.4. The van der Waals surface area contributed by atoms with Crippen LogP contribution in [0.3, 0.4) is 0 Å².